The van der Waals surface area contributed by atoms with Crippen LogP contribution < -0.4 is 26.4 Å². The van der Waals surface area contributed by atoms with Gasteiger partial charge in [0.25, 0.3) is 23.6 Å². The van der Waals surface area contributed by atoms with E-state index in [9.17, 15) is 52.2 Å². The summed E-state index contributed by atoms with van der Waals surface area (Å²) in [4.78, 5) is 112. The first-order chi connectivity index (χ1) is 31.9. The molecule has 4 fully saturated rings. The van der Waals surface area contributed by atoms with Crippen LogP contribution in [0.3, 0.4) is 0 Å². The minimum Gasteiger partial charge on any atom is -0.543 e. The summed E-state index contributed by atoms with van der Waals surface area (Å²) in [5.41, 5.74) is -0.0479. The average molecular weight is 1020 g/mol. The van der Waals surface area contributed by atoms with Gasteiger partial charge in [-0.25, -0.2) is 23.2 Å². The van der Waals surface area contributed by atoms with E-state index in [-0.39, 0.29) is 74.7 Å². The van der Waals surface area contributed by atoms with Crippen LogP contribution in [0, 0.1) is 5.92 Å². The highest BCUT2D eigenvalue weighted by atomic mass is 32.2. The fourth-order valence-electron chi connectivity index (χ4n) is 8.64. The number of β-lactam (4-membered cyclic amide) rings is 2. The maximum atomic E-state index is 13.6. The molecule has 1 unspecified atom stereocenters. The number of carbonyl (C=O) groups is 7. The molecule has 2 aromatic heterocycles. The third-order valence-electron chi connectivity index (χ3n) is 11.9. The van der Waals surface area contributed by atoms with Crippen molar-refractivity contribution in [2.24, 2.45) is 16.2 Å². The van der Waals surface area contributed by atoms with Gasteiger partial charge in [0, 0.05) is 47.2 Å². The molecule has 2 aromatic rings. The minimum atomic E-state index is -3.31. The largest absolute Gasteiger partial charge is 0.543 e. The number of nitrogens with zero attached hydrogens (tertiary/aromatic N) is 7. The molecule has 4 saturated heterocycles. The number of thiazole rings is 2. The Morgan fingerprint density at radius 3 is 1.93 bits per heavy atom. The highest BCUT2D eigenvalue weighted by Crippen LogP contribution is 2.42. The van der Waals surface area contributed by atoms with Crippen LogP contribution in [0.25, 0.3) is 0 Å². The highest BCUT2D eigenvalue weighted by Gasteiger charge is 2.55. The zero-order chi connectivity index (χ0) is 47.9. The van der Waals surface area contributed by atoms with Crippen LogP contribution in [0.4, 0.5) is 10.3 Å². The average Bonchev–Trinajstić information content (AvgIpc) is 4.12. The number of fused-ring (bicyclic) bond motifs is 2. The fourth-order valence-corrected chi connectivity index (χ4v) is 14.5. The van der Waals surface area contributed by atoms with Crippen molar-refractivity contribution >= 4 is 119 Å². The van der Waals surface area contributed by atoms with E-state index in [1.54, 1.807) is 0 Å². The molecule has 0 bridgehead atoms. The van der Waals surface area contributed by atoms with Crippen LogP contribution in [0.5, 0.6) is 0 Å². The van der Waals surface area contributed by atoms with Crippen molar-refractivity contribution in [2.75, 3.05) is 81.1 Å². The monoisotopic (exact) mass is 1020 g/mol. The lowest BCUT2D eigenvalue weighted by atomic mass is 10.0. The second-order valence-corrected chi connectivity index (χ2v) is 22.6. The maximum Gasteiger partial charge on any atom is 0.352 e. The van der Waals surface area contributed by atoms with Crippen molar-refractivity contribution in [3.8, 4) is 0 Å². The number of sulfone groups is 1. The first kappa shape index (κ1) is 47.9. The Hall–Kier alpha value is -5.62. The number of quaternary nitrogens is 1. The lowest BCUT2D eigenvalue weighted by molar-refractivity contribution is -0.893. The van der Waals surface area contributed by atoms with Crippen molar-refractivity contribution in [2.45, 2.75) is 42.1 Å². The van der Waals surface area contributed by atoms with Crippen LogP contribution in [0.2, 0.25) is 0 Å². The summed E-state index contributed by atoms with van der Waals surface area (Å²) >= 11 is 4.57. The second kappa shape index (κ2) is 19.2. The number of anilines is 2. The number of aromatic nitrogens is 2. The third-order valence-corrected chi connectivity index (χ3v) is 17.9. The summed E-state index contributed by atoms with van der Waals surface area (Å²) < 4.78 is 24.3. The lowest BCUT2D eigenvalue weighted by Gasteiger charge is -2.51. The Morgan fingerprint density at radius 1 is 0.866 bits per heavy atom. The molecule has 5 N–H and O–H groups in total. The predicted octanol–water partition coefficient (Wildman–Crippen LogP) is -1.83. The van der Waals surface area contributed by atoms with Gasteiger partial charge in [0.1, 0.15) is 60.7 Å². The van der Waals surface area contributed by atoms with Gasteiger partial charge in [-0.2, -0.15) is 0 Å². The number of carbonyl (C=O) groups excluding carboxylic acids is 6. The number of nitrogens with one attached hydrogen (secondary N) is 4. The zero-order valence-electron chi connectivity index (χ0n) is 35.8. The molecule has 0 aliphatic carbocycles. The van der Waals surface area contributed by atoms with E-state index in [2.05, 4.69) is 48.6 Å². The van der Waals surface area contributed by atoms with E-state index in [0.717, 1.165) is 53.5 Å². The van der Waals surface area contributed by atoms with Gasteiger partial charge in [-0.1, -0.05) is 10.3 Å². The van der Waals surface area contributed by atoms with Gasteiger partial charge in [-0.15, -0.1) is 46.2 Å². The molecule has 358 valence electrons. The van der Waals surface area contributed by atoms with Crippen LogP contribution in [-0.2, 0) is 53.1 Å². The molecule has 0 aromatic carbocycles. The second-order valence-electron chi connectivity index (χ2n) is 16.4. The highest BCUT2D eigenvalue weighted by molar-refractivity contribution is 8.00. The van der Waals surface area contributed by atoms with Gasteiger partial charge < -0.3 is 50.4 Å². The fraction of sp³-hybridized carbons (Fsp3) is 0.500. The number of thioether (sulfide) groups is 2. The Labute approximate surface area is 398 Å². The smallest absolute Gasteiger partial charge is 0.352 e. The summed E-state index contributed by atoms with van der Waals surface area (Å²) in [7, 11) is 1.17. The van der Waals surface area contributed by atoms with Crippen molar-refractivity contribution in [3.63, 3.8) is 0 Å². The summed E-state index contributed by atoms with van der Waals surface area (Å²) in [5.74, 6) is -6.96. The molecule has 0 spiro atoms. The summed E-state index contributed by atoms with van der Waals surface area (Å²) in [6, 6.07) is -2.21. The van der Waals surface area contributed by atoms with Crippen molar-refractivity contribution in [1.82, 2.24) is 30.4 Å². The normalized spacial score (nSPS) is 25.4. The first-order valence-electron chi connectivity index (χ1n) is 20.5. The third kappa shape index (κ3) is 9.60. The number of aliphatic carboxylic acids is 2. The van der Waals surface area contributed by atoms with Gasteiger partial charge in [0.2, 0.25) is 5.91 Å². The lowest BCUT2D eigenvalue weighted by Crippen LogP contribution is -2.71. The van der Waals surface area contributed by atoms with Crippen molar-refractivity contribution in [3.05, 3.63) is 44.7 Å². The molecule has 67 heavy (non-hydrogen) atoms. The first-order valence-corrected chi connectivity index (χ1v) is 26.2. The van der Waals surface area contributed by atoms with Gasteiger partial charge in [-0.05, 0) is 12.0 Å². The Bertz CT molecular complexity index is 2670. The maximum absolute atomic E-state index is 13.6. The Morgan fingerprint density at radius 2 is 1.40 bits per heavy atom. The van der Waals surface area contributed by atoms with Gasteiger partial charge in [0.15, 0.2) is 31.5 Å². The number of hydrogen-bond donors (Lipinski definition) is 5. The molecule has 0 radical (unpaired) electrons. The molecule has 0 saturated carbocycles. The molecule has 8 heterocycles. The molecule has 5 atom stereocenters. The zero-order valence-corrected chi connectivity index (χ0v) is 39.9. The predicted molar refractivity (Wildman–Crippen MR) is 242 cm³/mol. The molecule has 8 rings (SSSR count). The standard InChI is InChI=1S/C38H43N11O13S5/c1-49(7-4-5-8-49)11-19-13-64-34-25(32(54)48(34)27(19)36(57)58)43-29(51)22(45-61-2)20-14-65-37(40-20)39-10-18-12-63-33-24(31(53)47(33)26(18)35(55)56)42-30(52)23(46-62-3)21-15-66-38(41-21)44-28(50)17-6-9-67(59,60)16-17/h14-15,17,24-25,33-34H,4-13,16H2,1-3H3,(H5-,39,40,41,42,43,44,50,51,52,55,56,57,58)/b45-22+,46-23+/t17?,24-,25-,33-,34-/m1/s1. The number of amides is 5. The number of rotatable bonds is 17. The SMILES string of the molecule is CO/N=C(/C(=O)N[C@@H]1C(=O)N2C(C(=O)[O-])=C(C[N+]3(C)CCCC3)CS[C@H]12)c1csc(NCC2=C(C(=O)O)N3C(=O)[C@@H](NC(=O)/C(=N/OC)c4csc(NC(=O)C5CCS(=O)(=O)C5)n4)[C@H]3SC2)n1. The molecule has 24 nitrogen and oxygen atoms in total. The summed E-state index contributed by atoms with van der Waals surface area (Å²) in [6.07, 6.45) is 2.25. The van der Waals surface area contributed by atoms with Gasteiger partial charge in [0.05, 0.1) is 49.2 Å². The number of hydrogen-bond acceptors (Lipinski definition) is 21. The van der Waals surface area contributed by atoms with E-state index in [0.29, 0.717) is 27.9 Å². The summed E-state index contributed by atoms with van der Waals surface area (Å²) in [5, 5.41) is 42.8. The van der Waals surface area contributed by atoms with Crippen LogP contribution >= 0.6 is 46.2 Å². The summed E-state index contributed by atoms with van der Waals surface area (Å²) in [6.45, 7) is 2.21. The number of carboxylic acid groups (broad SMARTS) is 2. The molecule has 29 heteroatoms. The van der Waals surface area contributed by atoms with E-state index in [4.69, 9.17) is 9.68 Å². The topological polar surface area (TPSA) is 320 Å². The van der Waals surface area contributed by atoms with Crippen molar-refractivity contribution < 1.29 is 66.4 Å². The molecule has 6 aliphatic rings. The Balaban J connectivity index is 0.878. The van der Waals surface area contributed by atoms with E-state index >= 15 is 0 Å². The van der Waals surface area contributed by atoms with Gasteiger partial charge >= 0.3 is 5.97 Å². The van der Waals surface area contributed by atoms with Crippen LogP contribution in [0.1, 0.15) is 30.7 Å². The van der Waals surface area contributed by atoms with E-state index < -0.39 is 80.1 Å². The van der Waals surface area contributed by atoms with E-state index in [1.807, 2.05) is 0 Å². The quantitative estimate of drug-likeness (QED) is 0.0504. The van der Waals surface area contributed by atoms with Crippen LogP contribution in [-0.4, -0.2) is 184 Å². The number of likely N-dealkylation sites (N-methyl/N-ethyl adjacent to an activating group) is 1. The Kier molecular flexibility index (Phi) is 13.7. The van der Waals surface area contributed by atoms with Crippen LogP contribution in [0.15, 0.2) is 43.6 Å². The number of likely N-dealkylation sites (tertiary alicyclic amines) is 1. The molecular weight excluding hydrogens is 979 g/mol. The van der Waals surface area contributed by atoms with E-state index in [1.165, 1.54) is 53.4 Å². The molecular formula is C38H43N11O13S5. The van der Waals surface area contributed by atoms with Gasteiger partial charge in [-0.3, -0.25) is 33.8 Å². The minimum absolute atomic E-state index is 0.00309. The number of carboxylic acids is 2. The van der Waals surface area contributed by atoms with Crippen molar-refractivity contribution in [1.29, 1.82) is 0 Å². The number of oxime groups is 2. The molecule has 5 amide bonds. The molecule has 6 aliphatic heterocycles.